The molecule has 0 saturated heterocycles. The summed E-state index contributed by atoms with van der Waals surface area (Å²) in [6.07, 6.45) is -1.50. The Balaban J connectivity index is 1.92. The molecular weight excluding hydrogens is 343 g/mol. The van der Waals surface area contributed by atoms with E-state index in [2.05, 4.69) is 4.40 Å². The van der Waals surface area contributed by atoms with E-state index in [1.807, 2.05) is 0 Å². The van der Waals surface area contributed by atoms with Crippen LogP contribution in [0.25, 0.3) is 6.08 Å². The van der Waals surface area contributed by atoms with Gasteiger partial charge in [-0.25, -0.2) is 0 Å². The lowest BCUT2D eigenvalue weighted by Crippen LogP contribution is -2.17. The molecule has 0 atom stereocenters. The summed E-state index contributed by atoms with van der Waals surface area (Å²) >= 11 is 0. The first kappa shape index (κ1) is 16.3. The molecule has 0 fully saturated rings. The molecule has 0 spiro atoms. The van der Waals surface area contributed by atoms with E-state index in [1.54, 1.807) is 18.2 Å². The minimum atomic E-state index is -4.40. The van der Waals surface area contributed by atoms with Gasteiger partial charge in [0.25, 0.3) is 0 Å². The third-order valence-electron chi connectivity index (χ3n) is 3.24. The van der Waals surface area contributed by atoms with Crippen molar-refractivity contribution in [1.82, 2.24) is 0 Å². The van der Waals surface area contributed by atoms with E-state index in [-0.39, 0.29) is 11.5 Å². The number of para-hydroxylation sites is 1. The van der Waals surface area contributed by atoms with Crippen molar-refractivity contribution in [2.75, 3.05) is 0 Å². The maximum absolute atomic E-state index is 12.5. The molecule has 0 radical (unpaired) electrons. The minimum Gasteiger partial charge on any atom is -0.365 e. The number of alkyl halides is 3. The predicted octanol–water partition coefficient (Wildman–Crippen LogP) is 3.85. The monoisotopic (exact) mass is 353 g/mol. The van der Waals surface area contributed by atoms with E-state index in [1.165, 1.54) is 30.4 Å². The molecule has 4 nitrogen and oxygen atoms in total. The van der Waals surface area contributed by atoms with Gasteiger partial charge in [-0.05, 0) is 35.9 Å². The molecule has 0 saturated carbocycles. The quantitative estimate of drug-likeness (QED) is 0.824. The lowest BCUT2D eigenvalue weighted by molar-refractivity contribution is -0.137. The van der Waals surface area contributed by atoms with E-state index in [9.17, 15) is 21.6 Å². The molecule has 24 heavy (non-hydrogen) atoms. The molecule has 2 aromatic rings. The van der Waals surface area contributed by atoms with Gasteiger partial charge in [0, 0.05) is 5.56 Å². The Hall–Kier alpha value is -2.61. The highest BCUT2D eigenvalue weighted by molar-refractivity contribution is 7.86. The normalized spacial score (nSPS) is 16.4. The van der Waals surface area contributed by atoms with Crippen LogP contribution in [0.1, 0.15) is 16.7 Å². The zero-order chi connectivity index (χ0) is 17.4. The van der Waals surface area contributed by atoms with Crippen molar-refractivity contribution in [2.45, 2.75) is 6.18 Å². The molecule has 0 aliphatic carbocycles. The zero-order valence-corrected chi connectivity index (χ0v) is 12.8. The van der Waals surface area contributed by atoms with Crippen LogP contribution in [0, 0.1) is 0 Å². The van der Waals surface area contributed by atoms with Crippen LogP contribution in [-0.2, 0) is 16.5 Å². The van der Waals surface area contributed by atoms with Gasteiger partial charge in [-0.3, -0.25) is 0 Å². The summed E-state index contributed by atoms with van der Waals surface area (Å²) in [7, 11) is -4.09. The standard InChI is InChI=1S/C16H10F3NO3S/c17-16(18,19)12-8-5-11(6-9-12)7-10-14-13-3-1-2-4-15(13)23-24(21,22)20-14/h1-10H. The molecule has 1 aliphatic heterocycles. The lowest BCUT2D eigenvalue weighted by atomic mass is 10.1. The van der Waals surface area contributed by atoms with Crippen LogP contribution >= 0.6 is 0 Å². The van der Waals surface area contributed by atoms with Gasteiger partial charge in [0.15, 0.2) is 5.75 Å². The number of allylic oxidation sites excluding steroid dienone is 1. The van der Waals surface area contributed by atoms with Crippen LogP contribution in [0.3, 0.4) is 0 Å². The van der Waals surface area contributed by atoms with Gasteiger partial charge in [0.1, 0.15) is 0 Å². The SMILES string of the molecule is O=S1(=O)N=C(C=Cc2ccc(C(F)(F)F)cc2)c2ccccc2O1. The van der Waals surface area contributed by atoms with Crippen molar-refractivity contribution in [3.63, 3.8) is 0 Å². The topological polar surface area (TPSA) is 55.7 Å². The first-order chi connectivity index (χ1) is 11.2. The Morgan fingerprint density at radius 1 is 0.958 bits per heavy atom. The molecule has 0 N–H and O–H groups in total. The van der Waals surface area contributed by atoms with E-state index in [4.69, 9.17) is 4.18 Å². The summed E-state index contributed by atoms with van der Waals surface area (Å²) in [6.45, 7) is 0. The molecule has 0 amide bonds. The van der Waals surface area contributed by atoms with Crippen LogP contribution in [0.5, 0.6) is 5.75 Å². The van der Waals surface area contributed by atoms with Gasteiger partial charge >= 0.3 is 16.5 Å². The fourth-order valence-corrected chi connectivity index (χ4v) is 2.94. The number of hydrogen-bond donors (Lipinski definition) is 0. The molecule has 0 bridgehead atoms. The number of fused-ring (bicyclic) bond motifs is 1. The van der Waals surface area contributed by atoms with Gasteiger partial charge in [-0.2, -0.15) is 21.6 Å². The highest BCUT2D eigenvalue weighted by Gasteiger charge is 2.29. The second-order valence-corrected chi connectivity index (χ2v) is 6.14. The zero-order valence-electron chi connectivity index (χ0n) is 12.0. The van der Waals surface area contributed by atoms with Crippen molar-refractivity contribution >= 4 is 22.1 Å². The highest BCUT2D eigenvalue weighted by Crippen LogP contribution is 2.30. The molecule has 0 aromatic heterocycles. The van der Waals surface area contributed by atoms with Crippen molar-refractivity contribution in [1.29, 1.82) is 0 Å². The number of benzene rings is 2. The van der Waals surface area contributed by atoms with E-state index in [0.29, 0.717) is 11.1 Å². The maximum Gasteiger partial charge on any atom is 0.429 e. The second kappa shape index (κ2) is 5.79. The Kier molecular flexibility index (Phi) is 3.92. The van der Waals surface area contributed by atoms with Gasteiger partial charge in [-0.1, -0.05) is 30.3 Å². The average molecular weight is 353 g/mol. The lowest BCUT2D eigenvalue weighted by Gasteiger charge is -2.14. The Labute approximate surface area is 136 Å². The van der Waals surface area contributed by atoms with Crippen LogP contribution < -0.4 is 4.18 Å². The molecule has 2 aromatic carbocycles. The van der Waals surface area contributed by atoms with Crippen molar-refractivity contribution in [3.05, 3.63) is 71.3 Å². The Morgan fingerprint density at radius 2 is 1.62 bits per heavy atom. The number of hydrogen-bond acceptors (Lipinski definition) is 3. The van der Waals surface area contributed by atoms with Crippen molar-refractivity contribution in [2.24, 2.45) is 4.40 Å². The number of rotatable bonds is 2. The second-order valence-electron chi connectivity index (χ2n) is 4.94. The summed E-state index contributed by atoms with van der Waals surface area (Å²) in [6, 6.07) is 10.9. The smallest absolute Gasteiger partial charge is 0.365 e. The van der Waals surface area contributed by atoms with E-state index < -0.39 is 22.0 Å². The summed E-state index contributed by atoms with van der Waals surface area (Å²) in [4.78, 5) is 0. The van der Waals surface area contributed by atoms with Crippen LogP contribution in [0.2, 0.25) is 0 Å². The molecule has 8 heteroatoms. The number of nitrogens with zero attached hydrogens (tertiary/aromatic N) is 1. The Morgan fingerprint density at radius 3 is 2.29 bits per heavy atom. The third kappa shape index (κ3) is 3.48. The highest BCUT2D eigenvalue weighted by atomic mass is 32.2. The minimum absolute atomic E-state index is 0.150. The maximum atomic E-state index is 12.5. The summed E-state index contributed by atoms with van der Waals surface area (Å²) in [5.41, 5.74) is 0.357. The van der Waals surface area contributed by atoms with Gasteiger partial charge in [-0.15, -0.1) is 4.40 Å². The summed E-state index contributed by atoms with van der Waals surface area (Å²) in [5, 5.41) is 0. The largest absolute Gasteiger partial charge is 0.429 e. The molecular formula is C16H10F3NO3S. The number of halogens is 3. The fourth-order valence-electron chi connectivity index (χ4n) is 2.13. The van der Waals surface area contributed by atoms with Gasteiger partial charge in [0.2, 0.25) is 0 Å². The first-order valence-corrected chi connectivity index (χ1v) is 8.10. The van der Waals surface area contributed by atoms with Crippen molar-refractivity contribution < 1.29 is 25.8 Å². The molecule has 1 heterocycles. The van der Waals surface area contributed by atoms with Crippen LogP contribution in [0.4, 0.5) is 13.2 Å². The van der Waals surface area contributed by atoms with Gasteiger partial charge in [0.05, 0.1) is 11.3 Å². The first-order valence-electron chi connectivity index (χ1n) is 6.74. The molecule has 3 rings (SSSR count). The molecule has 1 aliphatic rings. The third-order valence-corrected chi connectivity index (χ3v) is 4.05. The van der Waals surface area contributed by atoms with E-state index >= 15 is 0 Å². The summed E-state index contributed by atoms with van der Waals surface area (Å²) < 4.78 is 69.1. The molecule has 0 unspecified atom stereocenters. The van der Waals surface area contributed by atoms with E-state index in [0.717, 1.165) is 12.1 Å². The van der Waals surface area contributed by atoms with Crippen LogP contribution in [0.15, 0.2) is 59.0 Å². The van der Waals surface area contributed by atoms with Gasteiger partial charge < -0.3 is 4.18 Å². The summed E-state index contributed by atoms with van der Waals surface area (Å²) in [5.74, 6) is 0.152. The predicted molar refractivity (Wildman–Crippen MR) is 83.0 cm³/mol. The molecule has 124 valence electrons. The average Bonchev–Trinajstić information content (AvgIpc) is 2.51. The Bertz CT molecular complexity index is 930. The van der Waals surface area contributed by atoms with Crippen molar-refractivity contribution in [3.8, 4) is 5.75 Å². The van der Waals surface area contributed by atoms with Crippen LogP contribution in [-0.4, -0.2) is 14.1 Å². The fraction of sp³-hybridized carbons (Fsp3) is 0.0625.